The fraction of sp³-hybridized carbons (Fsp3) is 0.615. The molecule has 2 rings (SSSR count). The maximum Gasteiger partial charge on any atom is 0.229 e. The summed E-state index contributed by atoms with van der Waals surface area (Å²) < 4.78 is 0. The van der Waals surface area contributed by atoms with Gasteiger partial charge in [0, 0.05) is 31.8 Å². The van der Waals surface area contributed by atoms with Crippen molar-refractivity contribution >= 4 is 17.7 Å². The zero-order chi connectivity index (χ0) is 13.0. The van der Waals surface area contributed by atoms with Gasteiger partial charge in [-0.1, -0.05) is 12.2 Å². The molecule has 98 valence electrons. The molecule has 0 atom stereocenters. The minimum atomic E-state index is -0.122. The summed E-state index contributed by atoms with van der Waals surface area (Å²) in [4.78, 5) is 36.0. The van der Waals surface area contributed by atoms with E-state index in [1.165, 1.54) is 4.90 Å². The number of imide groups is 1. The van der Waals surface area contributed by atoms with E-state index in [0.717, 1.165) is 12.8 Å². The molecule has 1 saturated heterocycles. The van der Waals surface area contributed by atoms with Gasteiger partial charge in [0.15, 0.2) is 0 Å². The van der Waals surface area contributed by atoms with Gasteiger partial charge in [0.1, 0.15) is 0 Å². The lowest BCUT2D eigenvalue weighted by Gasteiger charge is -2.25. The van der Waals surface area contributed by atoms with Gasteiger partial charge in [-0.15, -0.1) is 0 Å². The van der Waals surface area contributed by atoms with Gasteiger partial charge in [0.25, 0.3) is 0 Å². The molecule has 1 heterocycles. The predicted octanol–water partition coefficient (Wildman–Crippen LogP) is 0.608. The highest BCUT2D eigenvalue weighted by Crippen LogP contribution is 2.17. The second-order valence-corrected chi connectivity index (χ2v) is 4.72. The molecular weight excluding hydrogens is 232 g/mol. The molecule has 1 aliphatic carbocycles. The number of piperidine rings is 1. The summed E-state index contributed by atoms with van der Waals surface area (Å²) in [6.07, 6.45) is 7.09. The molecule has 0 spiro atoms. The zero-order valence-corrected chi connectivity index (χ0v) is 10.4. The van der Waals surface area contributed by atoms with E-state index in [0.29, 0.717) is 32.4 Å². The molecule has 0 unspecified atom stereocenters. The van der Waals surface area contributed by atoms with Gasteiger partial charge >= 0.3 is 0 Å². The summed E-state index contributed by atoms with van der Waals surface area (Å²) in [5.74, 6) is -0.208. The molecule has 3 amide bonds. The molecular formula is C13H18N2O3. The number of carbonyl (C=O) groups excluding carboxylic acids is 3. The van der Waals surface area contributed by atoms with E-state index in [2.05, 4.69) is 5.32 Å². The quantitative estimate of drug-likeness (QED) is 0.587. The van der Waals surface area contributed by atoms with Crippen molar-refractivity contribution in [2.75, 3.05) is 13.1 Å². The average molecular weight is 250 g/mol. The lowest BCUT2D eigenvalue weighted by Crippen LogP contribution is -2.45. The topological polar surface area (TPSA) is 66.5 Å². The highest BCUT2D eigenvalue weighted by Gasteiger charge is 2.25. The van der Waals surface area contributed by atoms with Crippen molar-refractivity contribution in [1.82, 2.24) is 10.2 Å². The number of amides is 3. The molecule has 5 heteroatoms. The Kier molecular flexibility index (Phi) is 4.12. The normalized spacial score (nSPS) is 20.6. The first-order chi connectivity index (χ1) is 8.68. The van der Waals surface area contributed by atoms with E-state index in [-0.39, 0.29) is 23.6 Å². The van der Waals surface area contributed by atoms with E-state index < -0.39 is 0 Å². The lowest BCUT2D eigenvalue weighted by molar-refractivity contribution is -0.148. The fourth-order valence-corrected chi connectivity index (χ4v) is 2.32. The zero-order valence-electron chi connectivity index (χ0n) is 10.4. The third kappa shape index (κ3) is 2.97. The van der Waals surface area contributed by atoms with E-state index in [4.69, 9.17) is 0 Å². The Morgan fingerprint density at radius 2 is 1.83 bits per heavy atom. The van der Waals surface area contributed by atoms with Crippen molar-refractivity contribution in [2.45, 2.75) is 32.1 Å². The molecule has 2 aliphatic rings. The number of likely N-dealkylation sites (tertiary alicyclic amines) is 1. The summed E-state index contributed by atoms with van der Waals surface area (Å²) in [5, 5.41) is 2.79. The Morgan fingerprint density at radius 3 is 2.44 bits per heavy atom. The standard InChI is InChI=1S/C13H18N2O3/c16-11-6-3-7-12(17)15(11)9-8-14-13(18)10-4-1-2-5-10/h1-2,10H,3-9H2,(H,14,18). The van der Waals surface area contributed by atoms with Crippen LogP contribution in [0.3, 0.4) is 0 Å². The van der Waals surface area contributed by atoms with Crippen LogP contribution in [0.15, 0.2) is 12.2 Å². The molecule has 1 aliphatic heterocycles. The maximum atomic E-state index is 11.7. The molecule has 0 aromatic carbocycles. The van der Waals surface area contributed by atoms with Crippen molar-refractivity contribution in [3.63, 3.8) is 0 Å². The largest absolute Gasteiger partial charge is 0.354 e. The van der Waals surface area contributed by atoms with Crippen LogP contribution in [0.2, 0.25) is 0 Å². The van der Waals surface area contributed by atoms with Crippen molar-refractivity contribution in [2.24, 2.45) is 5.92 Å². The highest BCUT2D eigenvalue weighted by atomic mass is 16.2. The number of nitrogens with zero attached hydrogens (tertiary/aromatic N) is 1. The van der Waals surface area contributed by atoms with Crippen molar-refractivity contribution in [3.05, 3.63) is 12.2 Å². The van der Waals surface area contributed by atoms with Crippen LogP contribution in [-0.4, -0.2) is 35.7 Å². The monoisotopic (exact) mass is 250 g/mol. The van der Waals surface area contributed by atoms with Gasteiger partial charge in [0.2, 0.25) is 17.7 Å². The molecule has 18 heavy (non-hydrogen) atoms. The predicted molar refractivity (Wildman–Crippen MR) is 65.4 cm³/mol. The minimum absolute atomic E-state index is 0.0110. The second-order valence-electron chi connectivity index (χ2n) is 4.72. The molecule has 0 saturated carbocycles. The summed E-state index contributed by atoms with van der Waals surface area (Å²) in [7, 11) is 0. The van der Waals surface area contributed by atoms with Crippen LogP contribution in [0.1, 0.15) is 32.1 Å². The van der Waals surface area contributed by atoms with Crippen LogP contribution in [0.5, 0.6) is 0 Å². The smallest absolute Gasteiger partial charge is 0.229 e. The van der Waals surface area contributed by atoms with Crippen LogP contribution in [-0.2, 0) is 14.4 Å². The van der Waals surface area contributed by atoms with Gasteiger partial charge in [-0.3, -0.25) is 19.3 Å². The van der Waals surface area contributed by atoms with Gasteiger partial charge in [0.05, 0.1) is 0 Å². The SMILES string of the molecule is O=C(NCCN1C(=O)CCCC1=O)C1CC=CC1. The fourth-order valence-electron chi connectivity index (χ4n) is 2.32. The number of hydrogen-bond acceptors (Lipinski definition) is 3. The molecule has 0 aromatic heterocycles. The second kappa shape index (κ2) is 5.80. The lowest BCUT2D eigenvalue weighted by atomic mass is 10.1. The molecule has 5 nitrogen and oxygen atoms in total. The van der Waals surface area contributed by atoms with Crippen LogP contribution in [0.25, 0.3) is 0 Å². The Morgan fingerprint density at radius 1 is 1.22 bits per heavy atom. The first-order valence-corrected chi connectivity index (χ1v) is 6.44. The summed E-state index contributed by atoms with van der Waals surface area (Å²) >= 11 is 0. The molecule has 0 bridgehead atoms. The minimum Gasteiger partial charge on any atom is -0.354 e. The number of allylic oxidation sites excluding steroid dienone is 2. The third-order valence-corrected chi connectivity index (χ3v) is 3.40. The van der Waals surface area contributed by atoms with Crippen molar-refractivity contribution < 1.29 is 14.4 Å². The third-order valence-electron chi connectivity index (χ3n) is 3.40. The number of rotatable bonds is 4. The van der Waals surface area contributed by atoms with Crippen LogP contribution in [0.4, 0.5) is 0 Å². The van der Waals surface area contributed by atoms with Crippen molar-refractivity contribution in [3.8, 4) is 0 Å². The number of nitrogens with one attached hydrogen (secondary N) is 1. The Hall–Kier alpha value is -1.65. The number of hydrogen-bond donors (Lipinski definition) is 1. The summed E-state index contributed by atoms with van der Waals surface area (Å²) in [5.41, 5.74) is 0. The van der Waals surface area contributed by atoms with Gasteiger partial charge in [-0.25, -0.2) is 0 Å². The van der Waals surface area contributed by atoms with Crippen LogP contribution < -0.4 is 5.32 Å². The number of carbonyl (C=O) groups is 3. The van der Waals surface area contributed by atoms with Crippen LogP contribution in [0, 0.1) is 5.92 Å². The van der Waals surface area contributed by atoms with Gasteiger partial charge in [-0.05, 0) is 19.3 Å². The van der Waals surface area contributed by atoms with E-state index in [1.807, 2.05) is 12.2 Å². The van der Waals surface area contributed by atoms with Crippen LogP contribution >= 0.6 is 0 Å². The Bertz CT molecular complexity index is 366. The Labute approximate surface area is 106 Å². The molecule has 0 aromatic rings. The summed E-state index contributed by atoms with van der Waals surface area (Å²) in [6.45, 7) is 0.649. The van der Waals surface area contributed by atoms with E-state index in [9.17, 15) is 14.4 Å². The molecule has 1 fully saturated rings. The highest BCUT2D eigenvalue weighted by molar-refractivity contribution is 5.97. The van der Waals surface area contributed by atoms with E-state index in [1.54, 1.807) is 0 Å². The van der Waals surface area contributed by atoms with Crippen molar-refractivity contribution in [1.29, 1.82) is 0 Å². The van der Waals surface area contributed by atoms with Gasteiger partial charge in [-0.2, -0.15) is 0 Å². The molecule has 0 radical (unpaired) electrons. The van der Waals surface area contributed by atoms with Gasteiger partial charge < -0.3 is 5.32 Å². The maximum absolute atomic E-state index is 11.7. The first-order valence-electron chi connectivity index (χ1n) is 6.44. The first kappa shape index (κ1) is 12.8. The average Bonchev–Trinajstić information content (AvgIpc) is 2.86. The van der Waals surface area contributed by atoms with E-state index >= 15 is 0 Å². The summed E-state index contributed by atoms with van der Waals surface area (Å²) in [6, 6.07) is 0. The Balaban J connectivity index is 1.72. The molecule has 1 N–H and O–H groups in total.